The molecule has 2 N–H and O–H groups in total. The zero-order chi connectivity index (χ0) is 23.4. The number of halogens is 2. The summed E-state index contributed by atoms with van der Waals surface area (Å²) in [5.74, 6) is 0.125. The number of carbonyl (C=O) groups is 2. The van der Waals surface area contributed by atoms with Gasteiger partial charge in [0.15, 0.2) is 0 Å². The van der Waals surface area contributed by atoms with Crippen LogP contribution < -0.4 is 15.4 Å². The molecule has 7 heteroatoms. The number of ether oxygens (including phenoxy) is 1. The minimum absolute atomic E-state index is 0.0277. The minimum atomic E-state index is -0.548. The Hall–Kier alpha value is -2.83. The van der Waals surface area contributed by atoms with E-state index in [4.69, 9.17) is 16.3 Å². The van der Waals surface area contributed by atoms with Crippen LogP contribution in [-0.2, 0) is 10.2 Å². The van der Waals surface area contributed by atoms with Crippen LogP contribution in [0.4, 0.5) is 11.4 Å². The number of rotatable bonds is 6. The highest BCUT2D eigenvalue weighted by molar-refractivity contribution is 9.10. The van der Waals surface area contributed by atoms with E-state index in [1.54, 1.807) is 42.5 Å². The Bertz CT molecular complexity index is 1170. The second-order valence-corrected chi connectivity index (χ2v) is 9.48. The van der Waals surface area contributed by atoms with E-state index in [1.165, 1.54) is 7.11 Å². The highest BCUT2D eigenvalue weighted by Gasteiger charge is 2.42. The highest BCUT2D eigenvalue weighted by Crippen LogP contribution is 2.42. The lowest BCUT2D eigenvalue weighted by molar-refractivity contribution is -0.121. The molecule has 0 aliphatic heterocycles. The molecule has 2 amide bonds. The predicted molar refractivity (Wildman–Crippen MR) is 135 cm³/mol. The molecule has 1 aliphatic carbocycles. The van der Waals surface area contributed by atoms with Crippen LogP contribution in [0.25, 0.3) is 0 Å². The summed E-state index contributed by atoms with van der Waals surface area (Å²) in [5.41, 5.74) is 2.04. The summed E-state index contributed by atoms with van der Waals surface area (Å²) in [6.45, 7) is 0. The molecule has 0 heterocycles. The van der Waals surface area contributed by atoms with Crippen LogP contribution in [-0.4, -0.2) is 18.9 Å². The average Bonchev–Trinajstić information content (AvgIpc) is 3.32. The lowest BCUT2D eigenvalue weighted by Gasteiger charge is -2.28. The molecule has 5 nitrogen and oxygen atoms in total. The monoisotopic (exact) mass is 526 g/mol. The van der Waals surface area contributed by atoms with Gasteiger partial charge >= 0.3 is 0 Å². The maximum atomic E-state index is 13.5. The predicted octanol–water partition coefficient (Wildman–Crippen LogP) is 6.81. The molecule has 3 aromatic rings. The van der Waals surface area contributed by atoms with Crippen LogP contribution >= 0.6 is 27.5 Å². The molecule has 4 rings (SSSR count). The van der Waals surface area contributed by atoms with Crippen molar-refractivity contribution in [3.8, 4) is 5.75 Å². The number of nitrogens with one attached hydrogen (secondary N) is 2. The zero-order valence-electron chi connectivity index (χ0n) is 18.2. The van der Waals surface area contributed by atoms with Crippen LogP contribution in [0.2, 0.25) is 5.02 Å². The molecule has 33 heavy (non-hydrogen) atoms. The molecule has 0 unspecified atom stereocenters. The fraction of sp³-hybridized carbons (Fsp3) is 0.231. The number of hydrogen-bond donors (Lipinski definition) is 2. The molecule has 1 saturated carbocycles. The van der Waals surface area contributed by atoms with Gasteiger partial charge in [-0.3, -0.25) is 9.59 Å². The Balaban J connectivity index is 1.54. The first-order chi connectivity index (χ1) is 15.9. The summed E-state index contributed by atoms with van der Waals surface area (Å²) in [5, 5.41) is 6.40. The lowest BCUT2D eigenvalue weighted by atomic mass is 9.78. The molecule has 3 aromatic carbocycles. The Labute approximate surface area is 206 Å². The number of anilines is 2. The van der Waals surface area contributed by atoms with Crippen molar-refractivity contribution in [3.05, 3.63) is 87.4 Å². The third kappa shape index (κ3) is 5.07. The molecule has 0 bridgehead atoms. The standard InChI is InChI=1S/C26H24BrClN2O3/c1-33-23-16-21(11-12-22(23)30-24(31)17-5-4-6-20(28)15-17)29-25(32)26(13-2-3-14-26)18-7-9-19(27)10-8-18/h4-12,15-16H,2-3,13-14H2,1H3,(H,29,32)(H,30,31). The van der Waals surface area contributed by atoms with Crippen LogP contribution in [0.3, 0.4) is 0 Å². The van der Waals surface area contributed by atoms with Gasteiger partial charge in [-0.1, -0.05) is 58.6 Å². The molecule has 0 radical (unpaired) electrons. The topological polar surface area (TPSA) is 67.4 Å². The normalized spacial score (nSPS) is 14.5. The maximum absolute atomic E-state index is 13.5. The molecule has 0 atom stereocenters. The van der Waals surface area contributed by atoms with E-state index in [2.05, 4.69) is 26.6 Å². The molecule has 170 valence electrons. The Morgan fingerprint density at radius 2 is 1.70 bits per heavy atom. The van der Waals surface area contributed by atoms with Gasteiger partial charge in [0, 0.05) is 26.8 Å². The van der Waals surface area contributed by atoms with Crippen molar-refractivity contribution in [2.75, 3.05) is 17.7 Å². The van der Waals surface area contributed by atoms with E-state index < -0.39 is 5.41 Å². The third-order valence-corrected chi connectivity index (χ3v) is 6.85. The van der Waals surface area contributed by atoms with E-state index in [-0.39, 0.29) is 11.8 Å². The Morgan fingerprint density at radius 3 is 2.36 bits per heavy atom. The summed E-state index contributed by atoms with van der Waals surface area (Å²) in [6, 6.07) is 19.9. The number of hydrogen-bond acceptors (Lipinski definition) is 3. The van der Waals surface area contributed by atoms with Crippen molar-refractivity contribution in [2.24, 2.45) is 0 Å². The SMILES string of the molecule is COc1cc(NC(=O)C2(c3ccc(Br)cc3)CCCC2)ccc1NC(=O)c1cccc(Cl)c1. The van der Waals surface area contributed by atoms with E-state index >= 15 is 0 Å². The van der Waals surface area contributed by atoms with E-state index in [0.717, 1.165) is 35.7 Å². The van der Waals surface area contributed by atoms with E-state index in [1.807, 2.05) is 24.3 Å². The van der Waals surface area contributed by atoms with Crippen molar-refractivity contribution < 1.29 is 14.3 Å². The highest BCUT2D eigenvalue weighted by atomic mass is 79.9. The van der Waals surface area contributed by atoms with Gasteiger partial charge in [-0.05, 0) is 60.9 Å². The molecule has 0 spiro atoms. The van der Waals surface area contributed by atoms with Gasteiger partial charge in [0.05, 0.1) is 18.2 Å². The van der Waals surface area contributed by atoms with Gasteiger partial charge in [0.2, 0.25) is 5.91 Å². The Kier molecular flexibility index (Phi) is 7.05. The molecular weight excluding hydrogens is 504 g/mol. The largest absolute Gasteiger partial charge is 0.494 e. The molecule has 0 saturated heterocycles. The average molecular weight is 528 g/mol. The summed E-state index contributed by atoms with van der Waals surface area (Å²) < 4.78 is 6.47. The number of amides is 2. The summed E-state index contributed by atoms with van der Waals surface area (Å²) in [4.78, 5) is 26.1. The van der Waals surface area contributed by atoms with Crippen molar-refractivity contribution in [3.63, 3.8) is 0 Å². The third-order valence-electron chi connectivity index (χ3n) is 6.08. The number of benzene rings is 3. The molecule has 1 fully saturated rings. The van der Waals surface area contributed by atoms with E-state index in [9.17, 15) is 9.59 Å². The lowest BCUT2D eigenvalue weighted by Crippen LogP contribution is -2.38. The molecular formula is C26H24BrClN2O3. The van der Waals surface area contributed by atoms with Crippen molar-refractivity contribution in [1.29, 1.82) is 0 Å². The summed E-state index contributed by atoms with van der Waals surface area (Å²) in [6.07, 6.45) is 3.65. The first-order valence-electron chi connectivity index (χ1n) is 10.7. The van der Waals surface area contributed by atoms with Crippen molar-refractivity contribution >= 4 is 50.7 Å². The van der Waals surface area contributed by atoms with Crippen LogP contribution in [0.5, 0.6) is 5.75 Å². The van der Waals surface area contributed by atoms with Crippen LogP contribution in [0, 0.1) is 0 Å². The van der Waals surface area contributed by atoms with E-state index in [0.29, 0.717) is 27.7 Å². The second-order valence-electron chi connectivity index (χ2n) is 8.13. The molecule has 1 aliphatic rings. The molecule has 0 aromatic heterocycles. The van der Waals surface area contributed by atoms with Gasteiger partial charge in [-0.25, -0.2) is 0 Å². The van der Waals surface area contributed by atoms with Crippen LogP contribution in [0.1, 0.15) is 41.6 Å². The summed E-state index contributed by atoms with van der Waals surface area (Å²) in [7, 11) is 1.52. The first-order valence-corrected chi connectivity index (χ1v) is 11.9. The van der Waals surface area contributed by atoms with Gasteiger partial charge < -0.3 is 15.4 Å². The fourth-order valence-electron chi connectivity index (χ4n) is 4.34. The number of methoxy groups -OCH3 is 1. The van der Waals surface area contributed by atoms with Gasteiger partial charge in [0.25, 0.3) is 5.91 Å². The van der Waals surface area contributed by atoms with Gasteiger partial charge in [-0.15, -0.1) is 0 Å². The first kappa shape index (κ1) is 23.3. The second kappa shape index (κ2) is 9.98. The zero-order valence-corrected chi connectivity index (χ0v) is 20.5. The Morgan fingerprint density at radius 1 is 0.970 bits per heavy atom. The maximum Gasteiger partial charge on any atom is 0.255 e. The quantitative estimate of drug-likeness (QED) is 0.370. The van der Waals surface area contributed by atoms with Gasteiger partial charge in [-0.2, -0.15) is 0 Å². The summed E-state index contributed by atoms with van der Waals surface area (Å²) >= 11 is 9.46. The fourth-order valence-corrected chi connectivity index (χ4v) is 4.80. The van der Waals surface area contributed by atoms with Crippen LogP contribution in [0.15, 0.2) is 71.2 Å². The van der Waals surface area contributed by atoms with Crippen molar-refractivity contribution in [2.45, 2.75) is 31.1 Å². The smallest absolute Gasteiger partial charge is 0.255 e. The van der Waals surface area contributed by atoms with Gasteiger partial charge in [0.1, 0.15) is 5.75 Å². The number of carbonyl (C=O) groups excluding carboxylic acids is 2. The minimum Gasteiger partial charge on any atom is -0.494 e. The van der Waals surface area contributed by atoms with Crippen molar-refractivity contribution in [1.82, 2.24) is 0 Å².